The van der Waals surface area contributed by atoms with Crippen molar-refractivity contribution in [2.24, 2.45) is 0 Å². The zero-order chi connectivity index (χ0) is 15.8. The Balaban J connectivity index is 2.46. The molecule has 0 saturated heterocycles. The molecule has 114 valence electrons. The van der Waals surface area contributed by atoms with Crippen molar-refractivity contribution < 1.29 is 35.3 Å². The Bertz CT molecular complexity index is 797. The summed E-state index contributed by atoms with van der Waals surface area (Å²) in [6.45, 7) is 0. The quantitative estimate of drug-likeness (QED) is 0.484. The van der Waals surface area contributed by atoms with E-state index in [-0.39, 0.29) is 11.1 Å². The molecule has 2 aromatic heterocycles. The second-order valence-electron chi connectivity index (χ2n) is 3.62. The number of carbonyl (C=O) groups excluding carboxylic acids is 1. The summed E-state index contributed by atoms with van der Waals surface area (Å²) in [6, 6.07) is 2.25. The van der Waals surface area contributed by atoms with E-state index in [1.807, 2.05) is 0 Å². The molecule has 0 aliphatic rings. The number of hydrogen-bond acceptors (Lipinski definition) is 7. The van der Waals surface area contributed by atoms with Crippen molar-refractivity contribution in [3.05, 3.63) is 23.1 Å². The van der Waals surface area contributed by atoms with Gasteiger partial charge in [-0.3, -0.25) is 0 Å². The second-order valence-corrected chi connectivity index (χ2v) is 6.07. The Kier molecular flexibility index (Phi) is 3.80. The number of thiophene rings is 1. The number of alkyl halides is 3. The van der Waals surface area contributed by atoms with Gasteiger partial charge in [0.1, 0.15) is 0 Å². The van der Waals surface area contributed by atoms with Crippen LogP contribution in [0.5, 0.6) is 5.88 Å². The van der Waals surface area contributed by atoms with E-state index in [1.165, 1.54) is 11.4 Å². The molecule has 0 aliphatic heterocycles. The van der Waals surface area contributed by atoms with Crippen LogP contribution in [0.15, 0.2) is 17.5 Å². The molecule has 11 heteroatoms. The normalized spacial score (nSPS) is 12.4. The number of nitrogens with zero attached hydrogens (tertiary/aromatic N) is 1. The van der Waals surface area contributed by atoms with Crippen molar-refractivity contribution in [1.29, 1.82) is 0 Å². The van der Waals surface area contributed by atoms with Gasteiger partial charge in [-0.2, -0.15) is 21.6 Å². The first-order valence-corrected chi connectivity index (χ1v) is 7.42. The average molecular weight is 341 g/mol. The third kappa shape index (κ3) is 2.93. The van der Waals surface area contributed by atoms with Gasteiger partial charge in [0.2, 0.25) is 5.88 Å². The van der Waals surface area contributed by atoms with Crippen LogP contribution in [0.4, 0.5) is 13.2 Å². The predicted octanol–water partition coefficient (Wildman–Crippen LogP) is 2.31. The second kappa shape index (κ2) is 5.15. The van der Waals surface area contributed by atoms with Crippen LogP contribution >= 0.6 is 11.3 Å². The highest BCUT2D eigenvalue weighted by atomic mass is 32.2. The number of methoxy groups -OCH3 is 1. The van der Waals surface area contributed by atoms with Gasteiger partial charge in [0.05, 0.1) is 22.9 Å². The van der Waals surface area contributed by atoms with E-state index in [9.17, 15) is 26.4 Å². The van der Waals surface area contributed by atoms with E-state index < -0.39 is 27.5 Å². The molecule has 0 atom stereocenters. The summed E-state index contributed by atoms with van der Waals surface area (Å²) in [6.07, 6.45) is 0. The summed E-state index contributed by atoms with van der Waals surface area (Å²) >= 11 is 1.10. The van der Waals surface area contributed by atoms with Gasteiger partial charge in [-0.1, -0.05) is 0 Å². The third-order valence-electron chi connectivity index (χ3n) is 2.28. The fourth-order valence-electron chi connectivity index (χ4n) is 1.36. The number of hydrogen-bond donors (Lipinski definition) is 0. The number of rotatable bonds is 3. The van der Waals surface area contributed by atoms with Crippen molar-refractivity contribution in [1.82, 2.24) is 4.98 Å². The van der Waals surface area contributed by atoms with Crippen LogP contribution in [0.3, 0.4) is 0 Å². The van der Waals surface area contributed by atoms with Gasteiger partial charge in [-0.05, 0) is 6.07 Å². The van der Waals surface area contributed by atoms with Gasteiger partial charge in [0.25, 0.3) is 0 Å². The standard InChI is InChI=1S/C10H6F3NO5S2/c1-18-9(15)5-4-20-6-2-3-7(14-8(5)6)19-21(16,17)10(11,12)13/h2-4H,1H3. The Hall–Kier alpha value is -1.88. The van der Waals surface area contributed by atoms with E-state index in [2.05, 4.69) is 13.9 Å². The maximum absolute atomic E-state index is 12.2. The van der Waals surface area contributed by atoms with E-state index in [1.54, 1.807) is 0 Å². The SMILES string of the molecule is COC(=O)c1csc2ccc(OS(=O)(=O)C(F)(F)F)nc12. The third-order valence-corrected chi connectivity index (χ3v) is 4.17. The minimum absolute atomic E-state index is 0.00160. The van der Waals surface area contributed by atoms with Crippen molar-refractivity contribution in [3.8, 4) is 5.88 Å². The first-order valence-electron chi connectivity index (χ1n) is 5.13. The summed E-state index contributed by atoms with van der Waals surface area (Å²) in [5.41, 5.74) is -5.56. The highest BCUT2D eigenvalue weighted by molar-refractivity contribution is 7.87. The molecule has 2 heterocycles. The summed E-state index contributed by atoms with van der Waals surface area (Å²) in [5.74, 6) is -1.53. The van der Waals surface area contributed by atoms with Crippen LogP contribution in [0, 0.1) is 0 Å². The molecule has 2 aromatic rings. The number of esters is 1. The maximum atomic E-state index is 12.2. The number of carbonyl (C=O) groups is 1. The summed E-state index contributed by atoms with van der Waals surface area (Å²) in [7, 11) is -4.69. The van der Waals surface area contributed by atoms with Crippen molar-refractivity contribution in [2.45, 2.75) is 5.51 Å². The van der Waals surface area contributed by atoms with Crippen molar-refractivity contribution >= 4 is 37.6 Å². The lowest BCUT2D eigenvalue weighted by atomic mass is 10.3. The predicted molar refractivity (Wildman–Crippen MR) is 66.6 cm³/mol. The van der Waals surface area contributed by atoms with E-state index in [0.717, 1.165) is 24.5 Å². The fraction of sp³-hybridized carbons (Fsp3) is 0.200. The smallest absolute Gasteiger partial charge is 0.465 e. The minimum Gasteiger partial charge on any atom is -0.465 e. The molecule has 0 N–H and O–H groups in total. The van der Waals surface area contributed by atoms with E-state index in [0.29, 0.717) is 4.70 Å². The van der Waals surface area contributed by atoms with Crippen LogP contribution in [-0.2, 0) is 14.9 Å². The van der Waals surface area contributed by atoms with Gasteiger partial charge in [0, 0.05) is 11.4 Å². The molecule has 0 aromatic carbocycles. The first kappa shape index (κ1) is 15.5. The topological polar surface area (TPSA) is 82.6 Å². The molecule has 0 bridgehead atoms. The summed E-state index contributed by atoms with van der Waals surface area (Å²) in [5, 5.41) is 1.39. The molecule has 2 rings (SSSR count). The molecule has 0 radical (unpaired) electrons. The molecular weight excluding hydrogens is 335 g/mol. The number of pyridine rings is 1. The van der Waals surface area contributed by atoms with E-state index >= 15 is 0 Å². The minimum atomic E-state index is -5.82. The first-order chi connectivity index (χ1) is 9.65. The van der Waals surface area contributed by atoms with Crippen molar-refractivity contribution in [3.63, 3.8) is 0 Å². The lowest BCUT2D eigenvalue weighted by Crippen LogP contribution is -2.28. The molecular formula is C10H6F3NO5S2. The van der Waals surface area contributed by atoms with Crippen molar-refractivity contribution in [2.75, 3.05) is 7.11 Å². The van der Waals surface area contributed by atoms with E-state index in [4.69, 9.17) is 0 Å². The van der Waals surface area contributed by atoms with Gasteiger partial charge < -0.3 is 8.92 Å². The fourth-order valence-corrected chi connectivity index (χ4v) is 2.63. The molecule has 0 fully saturated rings. The van der Waals surface area contributed by atoms with Gasteiger partial charge in [-0.15, -0.1) is 11.3 Å². The zero-order valence-electron chi connectivity index (χ0n) is 10.2. The van der Waals surface area contributed by atoms with Gasteiger partial charge in [0.15, 0.2) is 0 Å². The molecule has 0 unspecified atom stereocenters. The number of ether oxygens (including phenoxy) is 1. The number of halogens is 3. The molecule has 6 nitrogen and oxygen atoms in total. The van der Waals surface area contributed by atoms with Gasteiger partial charge >= 0.3 is 21.6 Å². The number of fused-ring (bicyclic) bond motifs is 1. The van der Waals surface area contributed by atoms with Crippen LogP contribution < -0.4 is 4.18 Å². The Morgan fingerprint density at radius 1 is 1.33 bits per heavy atom. The molecule has 0 spiro atoms. The maximum Gasteiger partial charge on any atom is 0.534 e. The summed E-state index contributed by atoms with van der Waals surface area (Å²) in [4.78, 5) is 15.1. The Labute approximate surface area is 120 Å². The Morgan fingerprint density at radius 2 is 2.00 bits per heavy atom. The summed E-state index contributed by atoms with van der Waals surface area (Å²) < 4.78 is 67.3. The molecule has 21 heavy (non-hydrogen) atoms. The Morgan fingerprint density at radius 3 is 2.57 bits per heavy atom. The molecule has 0 aliphatic carbocycles. The molecule has 0 saturated carbocycles. The lowest BCUT2D eigenvalue weighted by molar-refractivity contribution is -0.0501. The monoisotopic (exact) mass is 341 g/mol. The lowest BCUT2D eigenvalue weighted by Gasteiger charge is -2.08. The van der Waals surface area contributed by atoms with Gasteiger partial charge in [-0.25, -0.2) is 9.78 Å². The number of aromatic nitrogens is 1. The van der Waals surface area contributed by atoms with Crippen LogP contribution in [0.1, 0.15) is 10.4 Å². The van der Waals surface area contributed by atoms with Crippen LogP contribution in [-0.4, -0.2) is 32.0 Å². The largest absolute Gasteiger partial charge is 0.534 e. The zero-order valence-corrected chi connectivity index (χ0v) is 11.8. The molecule has 0 amide bonds. The average Bonchev–Trinajstić information content (AvgIpc) is 2.79. The highest BCUT2D eigenvalue weighted by Crippen LogP contribution is 2.30. The van der Waals surface area contributed by atoms with Crippen LogP contribution in [0.25, 0.3) is 10.2 Å². The highest BCUT2D eigenvalue weighted by Gasteiger charge is 2.48. The van der Waals surface area contributed by atoms with Crippen LogP contribution in [0.2, 0.25) is 0 Å².